The number of nitrogens with zero attached hydrogens (tertiary/aromatic N) is 1. The van der Waals surface area contributed by atoms with E-state index in [0.717, 1.165) is 25.9 Å². The fourth-order valence-corrected chi connectivity index (χ4v) is 2.83. The molecule has 1 heterocycles. The summed E-state index contributed by atoms with van der Waals surface area (Å²) in [7, 11) is 0. The summed E-state index contributed by atoms with van der Waals surface area (Å²) in [5, 5.41) is 9.05. The zero-order chi connectivity index (χ0) is 12.0. The molecule has 1 aliphatic rings. The van der Waals surface area contributed by atoms with Gasteiger partial charge in [-0.3, -0.25) is 9.69 Å². The number of hydrogen-bond acceptors (Lipinski definition) is 2. The van der Waals surface area contributed by atoms with Crippen molar-refractivity contribution in [3.05, 3.63) is 0 Å². The Morgan fingerprint density at radius 2 is 1.81 bits per heavy atom. The Balaban J connectivity index is 2.68. The summed E-state index contributed by atoms with van der Waals surface area (Å²) < 4.78 is 0. The third kappa shape index (κ3) is 3.78. The Morgan fingerprint density at radius 1 is 1.25 bits per heavy atom. The van der Waals surface area contributed by atoms with Gasteiger partial charge in [-0.1, -0.05) is 26.2 Å². The van der Waals surface area contributed by atoms with E-state index in [2.05, 4.69) is 18.7 Å². The molecule has 0 aliphatic carbocycles. The van der Waals surface area contributed by atoms with E-state index >= 15 is 0 Å². The molecule has 0 aromatic rings. The fourth-order valence-electron chi connectivity index (χ4n) is 2.83. The molecule has 0 amide bonds. The molecule has 1 atom stereocenters. The monoisotopic (exact) mass is 227 g/mol. The van der Waals surface area contributed by atoms with Crippen LogP contribution in [-0.4, -0.2) is 34.6 Å². The van der Waals surface area contributed by atoms with Crippen molar-refractivity contribution in [2.24, 2.45) is 0 Å². The summed E-state index contributed by atoms with van der Waals surface area (Å²) in [6.07, 6.45) is 7.36. The van der Waals surface area contributed by atoms with Crippen molar-refractivity contribution in [2.75, 3.05) is 13.1 Å². The quantitative estimate of drug-likeness (QED) is 0.785. The van der Waals surface area contributed by atoms with Crippen LogP contribution in [0.15, 0.2) is 0 Å². The molecule has 16 heavy (non-hydrogen) atoms. The Kier molecular flexibility index (Phi) is 5.26. The lowest BCUT2D eigenvalue weighted by molar-refractivity contribution is -0.140. The molecule has 1 N–H and O–H groups in total. The average Bonchev–Trinajstić information content (AvgIpc) is 2.44. The fraction of sp³-hybridized carbons (Fsp3) is 0.923. The van der Waals surface area contributed by atoms with Crippen LogP contribution in [0.2, 0.25) is 0 Å². The van der Waals surface area contributed by atoms with Gasteiger partial charge in [-0.2, -0.15) is 0 Å². The molecule has 1 fully saturated rings. The van der Waals surface area contributed by atoms with Gasteiger partial charge in [0.05, 0.1) is 6.42 Å². The van der Waals surface area contributed by atoms with Gasteiger partial charge < -0.3 is 5.11 Å². The molecule has 94 valence electrons. The average molecular weight is 227 g/mol. The highest BCUT2D eigenvalue weighted by Crippen LogP contribution is 2.28. The highest BCUT2D eigenvalue weighted by atomic mass is 16.4. The molecule has 0 bridgehead atoms. The van der Waals surface area contributed by atoms with Gasteiger partial charge in [0.2, 0.25) is 0 Å². The Hall–Kier alpha value is -0.570. The van der Waals surface area contributed by atoms with Crippen LogP contribution in [0.1, 0.15) is 58.8 Å². The third-order valence-corrected chi connectivity index (χ3v) is 3.69. The second kappa shape index (κ2) is 6.24. The number of carbonyl (C=O) groups is 1. The molecule has 0 radical (unpaired) electrons. The third-order valence-electron chi connectivity index (χ3n) is 3.69. The van der Waals surface area contributed by atoms with Crippen LogP contribution in [0, 0.1) is 0 Å². The smallest absolute Gasteiger partial charge is 0.305 e. The van der Waals surface area contributed by atoms with Crippen LogP contribution in [0.4, 0.5) is 0 Å². The van der Waals surface area contributed by atoms with E-state index in [1.807, 2.05) is 0 Å². The molecule has 1 saturated heterocycles. The second-order valence-electron chi connectivity index (χ2n) is 5.22. The van der Waals surface area contributed by atoms with Gasteiger partial charge in [-0.25, -0.2) is 0 Å². The van der Waals surface area contributed by atoms with Crippen LogP contribution in [0.3, 0.4) is 0 Å². The molecule has 0 saturated carbocycles. The highest BCUT2D eigenvalue weighted by Gasteiger charge is 2.33. The van der Waals surface area contributed by atoms with Crippen molar-refractivity contribution in [3.63, 3.8) is 0 Å². The summed E-state index contributed by atoms with van der Waals surface area (Å²) in [5.41, 5.74) is -0.134. The van der Waals surface area contributed by atoms with Crippen molar-refractivity contribution in [1.82, 2.24) is 4.90 Å². The van der Waals surface area contributed by atoms with Gasteiger partial charge in [-0.15, -0.1) is 0 Å². The molecule has 3 nitrogen and oxygen atoms in total. The first-order chi connectivity index (χ1) is 7.58. The maximum atomic E-state index is 11.0. The maximum Gasteiger partial charge on any atom is 0.305 e. The number of carboxylic acid groups (broad SMARTS) is 1. The Bertz CT molecular complexity index is 222. The van der Waals surface area contributed by atoms with Crippen molar-refractivity contribution in [2.45, 2.75) is 64.3 Å². The van der Waals surface area contributed by atoms with Gasteiger partial charge in [0.15, 0.2) is 0 Å². The van der Waals surface area contributed by atoms with E-state index in [9.17, 15) is 4.79 Å². The van der Waals surface area contributed by atoms with Crippen LogP contribution >= 0.6 is 0 Å². The second-order valence-corrected chi connectivity index (χ2v) is 5.22. The number of hydrogen-bond donors (Lipinski definition) is 1. The van der Waals surface area contributed by atoms with E-state index in [-0.39, 0.29) is 12.0 Å². The zero-order valence-electron chi connectivity index (χ0n) is 10.7. The molecule has 0 aromatic heterocycles. The molecular formula is C13H25NO2. The molecule has 0 aromatic carbocycles. The van der Waals surface area contributed by atoms with Gasteiger partial charge in [0.1, 0.15) is 0 Å². The Morgan fingerprint density at radius 3 is 2.25 bits per heavy atom. The largest absolute Gasteiger partial charge is 0.481 e. The van der Waals surface area contributed by atoms with Gasteiger partial charge >= 0.3 is 5.97 Å². The minimum absolute atomic E-state index is 0.134. The number of rotatable bonds is 5. The molecule has 1 aliphatic heterocycles. The van der Waals surface area contributed by atoms with Crippen LogP contribution < -0.4 is 0 Å². The first-order valence-corrected chi connectivity index (χ1v) is 6.55. The van der Waals surface area contributed by atoms with Crippen LogP contribution in [0.5, 0.6) is 0 Å². The molecule has 3 heteroatoms. The first kappa shape index (κ1) is 13.5. The van der Waals surface area contributed by atoms with Crippen LogP contribution in [-0.2, 0) is 4.79 Å². The molecular weight excluding hydrogens is 202 g/mol. The number of likely N-dealkylation sites (tertiary alicyclic amines) is 1. The van der Waals surface area contributed by atoms with Crippen molar-refractivity contribution in [1.29, 1.82) is 0 Å². The standard InChI is InChI=1S/C13H25NO2/c1-3-8-13(2,11-12(15)16)14-9-6-4-5-7-10-14/h3-11H2,1-2H3,(H,15,16). The van der Waals surface area contributed by atoms with E-state index in [1.165, 1.54) is 25.7 Å². The van der Waals surface area contributed by atoms with E-state index in [1.54, 1.807) is 0 Å². The summed E-state index contributed by atoms with van der Waals surface area (Å²) in [5.74, 6) is -0.666. The van der Waals surface area contributed by atoms with Crippen molar-refractivity contribution < 1.29 is 9.90 Å². The lowest BCUT2D eigenvalue weighted by atomic mass is 9.89. The highest BCUT2D eigenvalue weighted by molar-refractivity contribution is 5.68. The zero-order valence-corrected chi connectivity index (χ0v) is 10.7. The van der Waals surface area contributed by atoms with E-state index in [0.29, 0.717) is 0 Å². The van der Waals surface area contributed by atoms with Crippen LogP contribution in [0.25, 0.3) is 0 Å². The minimum Gasteiger partial charge on any atom is -0.481 e. The number of carboxylic acids is 1. The summed E-state index contributed by atoms with van der Waals surface area (Å²) in [4.78, 5) is 13.4. The lowest BCUT2D eigenvalue weighted by Crippen LogP contribution is -2.48. The van der Waals surface area contributed by atoms with E-state index < -0.39 is 5.97 Å². The summed E-state index contributed by atoms with van der Waals surface area (Å²) in [6.45, 7) is 6.40. The first-order valence-electron chi connectivity index (χ1n) is 6.55. The SMILES string of the molecule is CCCC(C)(CC(=O)O)N1CCCCCC1. The maximum absolute atomic E-state index is 11.0. The van der Waals surface area contributed by atoms with Gasteiger partial charge in [-0.05, 0) is 39.3 Å². The minimum atomic E-state index is -0.666. The van der Waals surface area contributed by atoms with Gasteiger partial charge in [0, 0.05) is 5.54 Å². The number of aliphatic carboxylic acids is 1. The van der Waals surface area contributed by atoms with Crippen molar-refractivity contribution in [3.8, 4) is 0 Å². The predicted octanol–water partition coefficient (Wildman–Crippen LogP) is 2.90. The predicted molar refractivity (Wildman–Crippen MR) is 65.6 cm³/mol. The van der Waals surface area contributed by atoms with Crippen molar-refractivity contribution >= 4 is 5.97 Å². The molecule has 1 unspecified atom stereocenters. The lowest BCUT2D eigenvalue weighted by Gasteiger charge is -2.40. The topological polar surface area (TPSA) is 40.5 Å². The normalized spacial score (nSPS) is 22.4. The molecule has 0 spiro atoms. The van der Waals surface area contributed by atoms with Gasteiger partial charge in [0.25, 0.3) is 0 Å². The summed E-state index contributed by atoms with van der Waals surface area (Å²) >= 11 is 0. The summed E-state index contributed by atoms with van der Waals surface area (Å²) in [6, 6.07) is 0. The molecule has 1 rings (SSSR count). The Labute approximate surface area is 98.8 Å². The van der Waals surface area contributed by atoms with E-state index in [4.69, 9.17) is 5.11 Å².